The lowest BCUT2D eigenvalue weighted by atomic mass is 10.3. The van der Waals surface area contributed by atoms with E-state index in [1.807, 2.05) is 31.2 Å². The van der Waals surface area contributed by atoms with Crippen molar-refractivity contribution in [3.8, 4) is 0 Å². The highest BCUT2D eigenvalue weighted by atomic mass is 35.5. The number of nitrogens with zero attached hydrogens (tertiary/aromatic N) is 2. The van der Waals surface area contributed by atoms with Gasteiger partial charge in [-0.3, -0.25) is 4.21 Å². The van der Waals surface area contributed by atoms with Gasteiger partial charge in [-0.2, -0.15) is 0 Å². The smallest absolute Gasteiger partial charge is 0.127 e. The van der Waals surface area contributed by atoms with Gasteiger partial charge in [-0.05, 0) is 19.1 Å². The standard InChI is InChI=1S/C12H15ClN2OS/c1-9(13)12-14-10-5-3-4-6-11(10)15(12)7-8-17(2)16/h3-6,9H,7-8H2,1-2H3. The van der Waals surface area contributed by atoms with Crippen LogP contribution >= 0.6 is 11.6 Å². The Hall–Kier alpha value is -0.870. The summed E-state index contributed by atoms with van der Waals surface area (Å²) in [6.07, 6.45) is 1.71. The van der Waals surface area contributed by atoms with Crippen LogP contribution < -0.4 is 0 Å². The molecule has 92 valence electrons. The van der Waals surface area contributed by atoms with Crippen LogP contribution in [0.4, 0.5) is 0 Å². The fourth-order valence-electron chi connectivity index (χ4n) is 1.85. The average Bonchev–Trinajstić information content (AvgIpc) is 2.65. The van der Waals surface area contributed by atoms with Crippen molar-refractivity contribution in [1.29, 1.82) is 0 Å². The highest BCUT2D eigenvalue weighted by molar-refractivity contribution is 7.84. The fraction of sp³-hybridized carbons (Fsp3) is 0.417. The van der Waals surface area contributed by atoms with Gasteiger partial charge in [0, 0.05) is 29.4 Å². The number of para-hydroxylation sites is 2. The monoisotopic (exact) mass is 270 g/mol. The summed E-state index contributed by atoms with van der Waals surface area (Å²) < 4.78 is 13.3. The van der Waals surface area contributed by atoms with Crippen molar-refractivity contribution < 1.29 is 4.21 Å². The van der Waals surface area contributed by atoms with E-state index in [4.69, 9.17) is 11.6 Å². The van der Waals surface area contributed by atoms with Gasteiger partial charge in [0.2, 0.25) is 0 Å². The van der Waals surface area contributed by atoms with E-state index < -0.39 is 10.8 Å². The lowest BCUT2D eigenvalue weighted by Crippen LogP contribution is -2.10. The number of fused-ring (bicyclic) bond motifs is 1. The van der Waals surface area contributed by atoms with Gasteiger partial charge in [-0.1, -0.05) is 12.1 Å². The summed E-state index contributed by atoms with van der Waals surface area (Å²) in [6.45, 7) is 2.60. The molecule has 0 saturated heterocycles. The van der Waals surface area contributed by atoms with Gasteiger partial charge < -0.3 is 4.57 Å². The van der Waals surface area contributed by atoms with E-state index in [2.05, 4.69) is 9.55 Å². The molecule has 1 aromatic carbocycles. The minimum atomic E-state index is -0.806. The summed E-state index contributed by atoms with van der Waals surface area (Å²) >= 11 is 6.14. The molecule has 0 bridgehead atoms. The van der Waals surface area contributed by atoms with Gasteiger partial charge in [-0.15, -0.1) is 11.6 Å². The lowest BCUT2D eigenvalue weighted by Gasteiger charge is -2.09. The summed E-state index contributed by atoms with van der Waals surface area (Å²) in [7, 11) is -0.806. The number of hydrogen-bond donors (Lipinski definition) is 0. The molecule has 1 aromatic heterocycles. The van der Waals surface area contributed by atoms with Crippen LogP contribution in [0, 0.1) is 0 Å². The van der Waals surface area contributed by atoms with Gasteiger partial charge in [0.05, 0.1) is 16.4 Å². The zero-order chi connectivity index (χ0) is 12.4. The third-order valence-corrected chi connectivity index (χ3v) is 3.59. The van der Waals surface area contributed by atoms with Crippen molar-refractivity contribution in [2.75, 3.05) is 12.0 Å². The summed E-state index contributed by atoms with van der Waals surface area (Å²) in [5.41, 5.74) is 2.00. The molecular formula is C12H15ClN2OS. The Morgan fingerprint density at radius 2 is 2.18 bits per heavy atom. The molecule has 3 nitrogen and oxygen atoms in total. The minimum Gasteiger partial charge on any atom is -0.326 e. The Labute approximate surface area is 108 Å². The maximum absolute atomic E-state index is 11.2. The second-order valence-corrected chi connectivity index (χ2v) is 6.21. The highest BCUT2D eigenvalue weighted by Gasteiger charge is 2.14. The first-order valence-corrected chi connectivity index (χ1v) is 7.65. The summed E-state index contributed by atoms with van der Waals surface area (Å²) in [5.74, 6) is 1.47. The third kappa shape index (κ3) is 2.69. The van der Waals surface area contributed by atoms with E-state index in [0.29, 0.717) is 12.3 Å². The third-order valence-electron chi connectivity index (χ3n) is 2.64. The van der Waals surface area contributed by atoms with Gasteiger partial charge in [0.25, 0.3) is 0 Å². The molecule has 17 heavy (non-hydrogen) atoms. The van der Waals surface area contributed by atoms with Crippen molar-refractivity contribution in [2.24, 2.45) is 0 Å². The normalized spacial score (nSPS) is 15.0. The Morgan fingerprint density at radius 1 is 1.47 bits per heavy atom. The predicted octanol–water partition coefficient (Wildman–Crippen LogP) is 2.71. The van der Waals surface area contributed by atoms with Gasteiger partial charge >= 0.3 is 0 Å². The zero-order valence-corrected chi connectivity index (χ0v) is 11.5. The quantitative estimate of drug-likeness (QED) is 0.801. The van der Waals surface area contributed by atoms with E-state index in [0.717, 1.165) is 16.9 Å². The molecule has 0 aliphatic heterocycles. The number of aryl methyl sites for hydroxylation is 1. The van der Waals surface area contributed by atoms with Crippen LogP contribution in [0.2, 0.25) is 0 Å². The number of halogens is 1. The van der Waals surface area contributed by atoms with Crippen molar-refractivity contribution in [2.45, 2.75) is 18.8 Å². The number of hydrogen-bond acceptors (Lipinski definition) is 2. The number of benzene rings is 1. The van der Waals surface area contributed by atoms with Crippen molar-refractivity contribution in [1.82, 2.24) is 9.55 Å². The first-order chi connectivity index (χ1) is 8.09. The molecule has 0 N–H and O–H groups in total. The van der Waals surface area contributed by atoms with Crippen LogP contribution in [-0.4, -0.2) is 25.8 Å². The molecule has 0 amide bonds. The van der Waals surface area contributed by atoms with E-state index >= 15 is 0 Å². The lowest BCUT2D eigenvalue weighted by molar-refractivity contribution is 0.672. The Bertz CT molecular complexity index is 550. The van der Waals surface area contributed by atoms with Crippen LogP contribution in [0.25, 0.3) is 11.0 Å². The number of imidazole rings is 1. The second-order valence-electron chi connectivity index (χ2n) is 4.00. The van der Waals surface area contributed by atoms with Crippen LogP contribution in [0.5, 0.6) is 0 Å². The highest BCUT2D eigenvalue weighted by Crippen LogP contribution is 2.24. The molecule has 2 unspecified atom stereocenters. The van der Waals surface area contributed by atoms with Crippen LogP contribution in [-0.2, 0) is 17.3 Å². The van der Waals surface area contributed by atoms with Crippen molar-refractivity contribution in [3.05, 3.63) is 30.1 Å². The first-order valence-electron chi connectivity index (χ1n) is 5.49. The molecule has 2 rings (SSSR count). The first kappa shape index (κ1) is 12.6. The Morgan fingerprint density at radius 3 is 2.82 bits per heavy atom. The Balaban J connectivity index is 2.48. The molecule has 0 aliphatic rings. The molecule has 0 fully saturated rings. The molecule has 0 aliphatic carbocycles. The number of rotatable bonds is 4. The molecule has 0 spiro atoms. The summed E-state index contributed by atoms with van der Waals surface area (Å²) in [4.78, 5) is 4.52. The molecule has 1 heterocycles. The topological polar surface area (TPSA) is 34.9 Å². The number of aromatic nitrogens is 2. The predicted molar refractivity (Wildman–Crippen MR) is 72.9 cm³/mol. The van der Waals surface area contributed by atoms with Gasteiger partial charge in [-0.25, -0.2) is 4.98 Å². The fourth-order valence-corrected chi connectivity index (χ4v) is 2.46. The van der Waals surface area contributed by atoms with Crippen molar-refractivity contribution in [3.63, 3.8) is 0 Å². The molecule has 5 heteroatoms. The molecule has 0 radical (unpaired) electrons. The van der Waals surface area contributed by atoms with Crippen LogP contribution in [0.1, 0.15) is 18.1 Å². The SMILES string of the molecule is CC(Cl)c1nc2ccccc2n1CCS(C)=O. The Kier molecular flexibility index (Phi) is 3.84. The molecule has 2 atom stereocenters. The molecular weight excluding hydrogens is 256 g/mol. The van der Waals surface area contributed by atoms with Crippen LogP contribution in [0.15, 0.2) is 24.3 Å². The molecule has 2 aromatic rings. The average molecular weight is 271 g/mol. The molecule has 0 saturated carbocycles. The van der Waals surface area contributed by atoms with E-state index in [1.54, 1.807) is 6.26 Å². The summed E-state index contributed by atoms with van der Waals surface area (Å²) in [5, 5.41) is -0.146. The maximum atomic E-state index is 11.2. The zero-order valence-electron chi connectivity index (χ0n) is 9.89. The van der Waals surface area contributed by atoms with E-state index in [1.165, 1.54) is 0 Å². The minimum absolute atomic E-state index is 0.146. The second kappa shape index (κ2) is 5.19. The van der Waals surface area contributed by atoms with Gasteiger partial charge in [0.15, 0.2) is 0 Å². The van der Waals surface area contributed by atoms with E-state index in [-0.39, 0.29) is 5.38 Å². The maximum Gasteiger partial charge on any atom is 0.127 e. The largest absolute Gasteiger partial charge is 0.326 e. The summed E-state index contributed by atoms with van der Waals surface area (Å²) in [6, 6.07) is 7.92. The number of alkyl halides is 1. The van der Waals surface area contributed by atoms with E-state index in [9.17, 15) is 4.21 Å². The van der Waals surface area contributed by atoms with Crippen LogP contribution in [0.3, 0.4) is 0 Å². The van der Waals surface area contributed by atoms with Gasteiger partial charge in [0.1, 0.15) is 5.82 Å². The van der Waals surface area contributed by atoms with Crippen molar-refractivity contribution >= 4 is 33.4 Å².